The van der Waals surface area contributed by atoms with E-state index in [2.05, 4.69) is 11.3 Å². The smallest absolute Gasteiger partial charge is 0.330 e. The summed E-state index contributed by atoms with van der Waals surface area (Å²) in [5.41, 5.74) is 0. The molecule has 2 heteroatoms. The molecule has 2 nitrogen and oxygen atoms in total. The second-order valence-corrected chi connectivity index (χ2v) is 1.07. The number of esters is 1. The van der Waals surface area contributed by atoms with E-state index in [1.54, 1.807) is 0 Å². The third-order valence-corrected chi connectivity index (χ3v) is 0.488. The van der Waals surface area contributed by atoms with Gasteiger partial charge in [0.15, 0.2) is 0 Å². The molecule has 0 rings (SSSR count). The molecule has 0 aromatic carbocycles. The lowest BCUT2D eigenvalue weighted by molar-refractivity contribution is -0.136. The maximum absolute atomic E-state index is 10.3. The Hall–Kier alpha value is -1.05. The van der Waals surface area contributed by atoms with Gasteiger partial charge in [-0.3, -0.25) is 0 Å². The van der Waals surface area contributed by atoms with E-state index in [4.69, 9.17) is 1.37 Å². The van der Waals surface area contributed by atoms with E-state index < -0.39 is 5.97 Å². The maximum Gasteiger partial charge on any atom is 0.330 e. The Balaban J connectivity index is 3.27. The third-order valence-electron chi connectivity index (χ3n) is 0.488. The second kappa shape index (κ2) is 4.12. The highest BCUT2D eigenvalue weighted by molar-refractivity contribution is 5.81. The van der Waals surface area contributed by atoms with E-state index in [0.29, 0.717) is 0 Å². The first kappa shape index (κ1) is 5.09. The minimum Gasteiger partial charge on any atom is -0.458 e. The Kier molecular flexibility index (Phi) is 2.62. The number of hydrogen-bond acceptors (Lipinski definition) is 2. The summed E-state index contributed by atoms with van der Waals surface area (Å²) >= 11 is 0. The van der Waals surface area contributed by atoms with Crippen LogP contribution in [0.4, 0.5) is 0 Å². The topological polar surface area (TPSA) is 26.3 Å². The van der Waals surface area contributed by atoms with E-state index in [1.807, 2.05) is 0 Å². The van der Waals surface area contributed by atoms with Gasteiger partial charge in [0.1, 0.15) is 6.61 Å². The molecular formula is C6H8O2. The van der Waals surface area contributed by atoms with Crippen LogP contribution < -0.4 is 0 Å². The summed E-state index contributed by atoms with van der Waals surface area (Å²) < 4.78 is 11.0. The summed E-state index contributed by atoms with van der Waals surface area (Å²) in [7, 11) is 0. The monoisotopic (exact) mass is 113 g/mol. The van der Waals surface area contributed by atoms with Crippen LogP contribution in [-0.4, -0.2) is 12.6 Å². The summed E-state index contributed by atoms with van der Waals surface area (Å²) in [6.07, 6.45) is 2.50. The van der Waals surface area contributed by atoms with Crippen LogP contribution in [-0.2, 0) is 9.53 Å². The summed E-state index contributed by atoms with van der Waals surface area (Å²) in [6.45, 7) is 4.41. The van der Waals surface area contributed by atoms with Gasteiger partial charge >= 0.3 is 5.97 Å². The molecular weight excluding hydrogens is 104 g/mol. The zero-order valence-corrected chi connectivity index (χ0v) is 4.46. The molecule has 0 fully saturated rings. The Morgan fingerprint density at radius 3 is 3.25 bits per heavy atom. The Labute approximate surface area is 49.9 Å². The van der Waals surface area contributed by atoms with Crippen molar-refractivity contribution >= 4 is 5.97 Å². The van der Waals surface area contributed by atoms with Gasteiger partial charge in [-0.05, 0) is 0 Å². The SMILES string of the molecule is [2H]C=CCOC(=O)C=C. The van der Waals surface area contributed by atoms with Gasteiger partial charge in [-0.1, -0.05) is 19.2 Å². The first-order valence-corrected chi connectivity index (χ1v) is 2.14. The molecule has 0 aliphatic heterocycles. The van der Waals surface area contributed by atoms with Crippen molar-refractivity contribution in [1.82, 2.24) is 0 Å². The van der Waals surface area contributed by atoms with Crippen LogP contribution >= 0.6 is 0 Å². The fourth-order valence-corrected chi connectivity index (χ4v) is 0.189. The summed E-state index contributed by atoms with van der Waals surface area (Å²) in [5, 5.41) is 0. The quantitative estimate of drug-likeness (QED) is 0.309. The van der Waals surface area contributed by atoms with E-state index in [1.165, 1.54) is 6.08 Å². The standard InChI is InChI=1S/C6H8O2/c1-3-5-8-6(7)4-2/h3-4H,1-2,5H2/i1D. The van der Waals surface area contributed by atoms with Crippen molar-refractivity contribution in [2.45, 2.75) is 0 Å². The van der Waals surface area contributed by atoms with Crippen molar-refractivity contribution in [3.05, 3.63) is 25.3 Å². The number of carbonyl (C=O) groups is 1. The van der Waals surface area contributed by atoms with Crippen LogP contribution in [0, 0.1) is 0 Å². The number of ether oxygens (including phenoxy) is 1. The van der Waals surface area contributed by atoms with E-state index in [-0.39, 0.29) is 6.61 Å². The number of hydrogen-bond donors (Lipinski definition) is 0. The molecule has 0 heterocycles. The molecule has 0 N–H and O–H groups in total. The van der Waals surface area contributed by atoms with E-state index >= 15 is 0 Å². The molecule has 0 saturated heterocycles. The molecule has 0 aromatic rings. The van der Waals surface area contributed by atoms with E-state index in [0.717, 1.165) is 12.6 Å². The molecule has 0 spiro atoms. The second-order valence-electron chi connectivity index (χ2n) is 1.07. The van der Waals surface area contributed by atoms with Crippen molar-refractivity contribution in [3.63, 3.8) is 0 Å². The number of carbonyl (C=O) groups excluding carboxylic acids is 1. The largest absolute Gasteiger partial charge is 0.458 e. The van der Waals surface area contributed by atoms with Crippen LogP contribution in [0.3, 0.4) is 0 Å². The predicted molar refractivity (Wildman–Crippen MR) is 31.4 cm³/mol. The molecule has 8 heavy (non-hydrogen) atoms. The molecule has 0 radical (unpaired) electrons. The molecule has 0 unspecified atom stereocenters. The highest BCUT2D eigenvalue weighted by atomic mass is 16.5. The molecule has 44 valence electrons. The summed E-state index contributed by atoms with van der Waals surface area (Å²) in [5.74, 6) is -0.465. The van der Waals surface area contributed by atoms with Crippen LogP contribution in [0.15, 0.2) is 25.3 Å². The van der Waals surface area contributed by atoms with Gasteiger partial charge in [0, 0.05) is 6.08 Å². The molecule has 0 atom stereocenters. The lowest BCUT2D eigenvalue weighted by Crippen LogP contribution is -1.98. The fraction of sp³-hybridized carbons (Fsp3) is 0.167. The maximum atomic E-state index is 10.3. The van der Waals surface area contributed by atoms with Crippen LogP contribution in [0.25, 0.3) is 0 Å². The lowest BCUT2D eigenvalue weighted by Gasteiger charge is -1.92. The van der Waals surface area contributed by atoms with Crippen molar-refractivity contribution < 1.29 is 10.9 Å². The van der Waals surface area contributed by atoms with Gasteiger partial charge in [-0.15, -0.1) is 0 Å². The fourth-order valence-electron chi connectivity index (χ4n) is 0.189. The zero-order chi connectivity index (χ0) is 7.11. The van der Waals surface area contributed by atoms with Gasteiger partial charge < -0.3 is 4.74 Å². The van der Waals surface area contributed by atoms with Crippen LogP contribution in [0.5, 0.6) is 0 Å². The molecule has 0 saturated carbocycles. The highest BCUT2D eigenvalue weighted by Crippen LogP contribution is 1.77. The van der Waals surface area contributed by atoms with Crippen molar-refractivity contribution in [2.24, 2.45) is 0 Å². The normalized spacial score (nSPS) is 10.8. The first-order chi connectivity index (χ1) is 4.31. The summed E-state index contributed by atoms with van der Waals surface area (Å²) in [6, 6.07) is 0. The first-order valence-electron chi connectivity index (χ1n) is 2.71. The van der Waals surface area contributed by atoms with Gasteiger partial charge in [0.2, 0.25) is 0 Å². The zero-order valence-electron chi connectivity index (χ0n) is 5.46. The molecule has 0 aliphatic carbocycles. The van der Waals surface area contributed by atoms with Crippen molar-refractivity contribution in [2.75, 3.05) is 6.61 Å². The van der Waals surface area contributed by atoms with E-state index in [9.17, 15) is 4.79 Å². The number of rotatable bonds is 3. The van der Waals surface area contributed by atoms with Crippen molar-refractivity contribution in [3.8, 4) is 0 Å². The minimum absolute atomic E-state index is 0.147. The Morgan fingerprint density at radius 2 is 2.75 bits per heavy atom. The lowest BCUT2D eigenvalue weighted by atomic mass is 10.6. The third kappa shape index (κ3) is 3.15. The highest BCUT2D eigenvalue weighted by Gasteiger charge is 1.87. The van der Waals surface area contributed by atoms with Gasteiger partial charge in [-0.2, -0.15) is 0 Å². The van der Waals surface area contributed by atoms with Gasteiger partial charge in [0.25, 0.3) is 0 Å². The molecule has 0 aromatic heterocycles. The summed E-state index contributed by atoms with van der Waals surface area (Å²) in [4.78, 5) is 10.3. The molecule has 0 aliphatic rings. The predicted octanol–water partition coefficient (Wildman–Crippen LogP) is 0.902. The Morgan fingerprint density at radius 1 is 2.00 bits per heavy atom. The molecule has 0 amide bonds. The average molecular weight is 113 g/mol. The molecule has 0 bridgehead atoms. The van der Waals surface area contributed by atoms with Gasteiger partial charge in [0.05, 0.1) is 1.37 Å². The average Bonchev–Trinajstić information content (AvgIpc) is 1.89. The Bertz CT molecular complexity index is 129. The van der Waals surface area contributed by atoms with Crippen molar-refractivity contribution in [1.29, 1.82) is 0 Å². The minimum atomic E-state index is -0.465. The van der Waals surface area contributed by atoms with Gasteiger partial charge in [-0.25, -0.2) is 4.79 Å². The van der Waals surface area contributed by atoms with Crippen LogP contribution in [0.2, 0.25) is 0 Å². The van der Waals surface area contributed by atoms with Crippen LogP contribution in [0.1, 0.15) is 1.37 Å².